The van der Waals surface area contributed by atoms with E-state index >= 15 is 0 Å². The summed E-state index contributed by atoms with van der Waals surface area (Å²) in [6.45, 7) is 0. The Morgan fingerprint density at radius 3 is 1.83 bits per heavy atom. The molecule has 2 aromatic rings. The van der Waals surface area contributed by atoms with Crippen molar-refractivity contribution in [3.8, 4) is 34.1 Å². The first kappa shape index (κ1) is 12.0. The maximum atomic E-state index is 13.6. The highest BCUT2D eigenvalue weighted by molar-refractivity contribution is 5.76. The van der Waals surface area contributed by atoms with Crippen LogP contribution >= 0.6 is 0 Å². The molecule has 2 rings (SSSR count). The van der Waals surface area contributed by atoms with E-state index in [0.717, 1.165) is 24.3 Å². The lowest BCUT2D eigenvalue weighted by molar-refractivity contribution is 0.368. The van der Waals surface area contributed by atoms with Gasteiger partial charge in [-0.1, -0.05) is 0 Å². The van der Waals surface area contributed by atoms with Crippen molar-refractivity contribution in [1.29, 1.82) is 0 Å². The maximum Gasteiger partial charge on any atom is 0.200 e. The van der Waals surface area contributed by atoms with Crippen LogP contribution in [-0.2, 0) is 0 Å². The highest BCUT2D eigenvalue weighted by Gasteiger charge is 2.19. The number of phenols is 4. The van der Waals surface area contributed by atoms with Crippen molar-refractivity contribution in [2.75, 3.05) is 0 Å². The zero-order chi connectivity index (χ0) is 13.4. The number of hydrogen-bond acceptors (Lipinski definition) is 4. The molecule has 0 fully saturated rings. The molecule has 4 nitrogen and oxygen atoms in total. The van der Waals surface area contributed by atoms with Gasteiger partial charge in [0.15, 0.2) is 23.1 Å². The monoisotopic (exact) mass is 254 g/mol. The van der Waals surface area contributed by atoms with Crippen LogP contribution in [0.1, 0.15) is 0 Å². The van der Waals surface area contributed by atoms with E-state index in [1.54, 1.807) is 0 Å². The molecule has 0 aromatic heterocycles. The summed E-state index contributed by atoms with van der Waals surface area (Å²) in [5.74, 6) is -5.89. The van der Waals surface area contributed by atoms with Gasteiger partial charge in [-0.3, -0.25) is 0 Å². The van der Waals surface area contributed by atoms with Crippen molar-refractivity contribution >= 4 is 0 Å². The molecule has 0 heterocycles. The number of hydrogen-bond donors (Lipinski definition) is 4. The van der Waals surface area contributed by atoms with E-state index in [9.17, 15) is 19.0 Å². The average Bonchev–Trinajstić information content (AvgIpc) is 2.35. The normalized spacial score (nSPS) is 10.6. The third-order valence-electron chi connectivity index (χ3n) is 2.48. The van der Waals surface area contributed by atoms with Crippen molar-refractivity contribution in [3.05, 3.63) is 35.9 Å². The van der Waals surface area contributed by atoms with Crippen LogP contribution in [0, 0.1) is 11.6 Å². The molecule has 0 amide bonds. The minimum Gasteiger partial charge on any atom is -0.505 e. The van der Waals surface area contributed by atoms with Crippen LogP contribution in [-0.4, -0.2) is 20.4 Å². The van der Waals surface area contributed by atoms with Crippen molar-refractivity contribution < 1.29 is 29.2 Å². The molecule has 0 aliphatic heterocycles. The highest BCUT2D eigenvalue weighted by atomic mass is 19.2. The van der Waals surface area contributed by atoms with Gasteiger partial charge in [-0.15, -0.1) is 0 Å². The molecular formula is C12H8F2O4. The predicted octanol–water partition coefficient (Wildman–Crippen LogP) is 2.45. The number of rotatable bonds is 1. The van der Waals surface area contributed by atoms with Gasteiger partial charge in [0.05, 0.1) is 0 Å². The second-order valence-corrected chi connectivity index (χ2v) is 3.59. The Balaban J connectivity index is 2.71. The second kappa shape index (κ2) is 4.06. The third-order valence-corrected chi connectivity index (χ3v) is 2.48. The molecule has 0 saturated heterocycles. The molecule has 0 aliphatic carbocycles. The number of benzene rings is 2. The molecule has 4 N–H and O–H groups in total. The van der Waals surface area contributed by atoms with Crippen LogP contribution in [0.25, 0.3) is 11.1 Å². The molecule has 0 spiro atoms. The molecule has 0 aliphatic rings. The van der Waals surface area contributed by atoms with Crippen LogP contribution in [0.3, 0.4) is 0 Å². The van der Waals surface area contributed by atoms with Crippen LogP contribution in [0.5, 0.6) is 23.0 Å². The largest absolute Gasteiger partial charge is 0.505 e. The standard InChI is InChI=1S/C12H8F2O4/c13-9-5(1-3-7(15)10(9)14)6-2-4-8(16)12(18)11(6)17/h1-4,15-18H. The third kappa shape index (κ3) is 1.67. The van der Waals surface area contributed by atoms with Gasteiger partial charge in [-0.05, 0) is 24.3 Å². The molecule has 6 heteroatoms. The second-order valence-electron chi connectivity index (χ2n) is 3.59. The summed E-state index contributed by atoms with van der Waals surface area (Å²) >= 11 is 0. The Morgan fingerprint density at radius 1 is 0.611 bits per heavy atom. The van der Waals surface area contributed by atoms with Crippen LogP contribution < -0.4 is 0 Å². The summed E-state index contributed by atoms with van der Waals surface area (Å²) in [5.41, 5.74) is -0.556. The first-order valence-electron chi connectivity index (χ1n) is 4.84. The predicted molar refractivity (Wildman–Crippen MR) is 58.5 cm³/mol. The fourth-order valence-corrected chi connectivity index (χ4v) is 1.53. The van der Waals surface area contributed by atoms with Crippen LogP contribution in [0.4, 0.5) is 8.78 Å². The minimum absolute atomic E-state index is 0.207. The Labute approximate surface area is 100.0 Å². The molecule has 0 bridgehead atoms. The minimum atomic E-state index is -1.46. The zero-order valence-electron chi connectivity index (χ0n) is 8.85. The Bertz CT molecular complexity index is 570. The molecule has 0 atom stereocenters. The van der Waals surface area contributed by atoms with E-state index in [1.165, 1.54) is 0 Å². The molecular weight excluding hydrogens is 246 g/mol. The van der Waals surface area contributed by atoms with Crippen molar-refractivity contribution in [3.63, 3.8) is 0 Å². The summed E-state index contributed by atoms with van der Waals surface area (Å²) < 4.78 is 26.7. The van der Waals surface area contributed by atoms with Crippen molar-refractivity contribution in [1.82, 2.24) is 0 Å². The lowest BCUT2D eigenvalue weighted by atomic mass is 10.0. The number of halogens is 2. The van der Waals surface area contributed by atoms with Crippen LogP contribution in [0.15, 0.2) is 24.3 Å². The van der Waals surface area contributed by atoms with Crippen molar-refractivity contribution in [2.24, 2.45) is 0 Å². The van der Waals surface area contributed by atoms with E-state index in [2.05, 4.69) is 0 Å². The number of aromatic hydroxyl groups is 4. The van der Waals surface area contributed by atoms with Gasteiger partial charge in [0, 0.05) is 11.1 Å². The molecule has 0 radical (unpaired) electrons. The van der Waals surface area contributed by atoms with Gasteiger partial charge in [0.1, 0.15) is 0 Å². The summed E-state index contributed by atoms with van der Waals surface area (Å²) in [6, 6.07) is 4.09. The quantitative estimate of drug-likeness (QED) is 0.589. The first-order valence-corrected chi connectivity index (χ1v) is 4.84. The summed E-state index contributed by atoms with van der Waals surface area (Å²) in [5, 5.41) is 36.9. The van der Waals surface area contributed by atoms with Gasteiger partial charge in [-0.2, -0.15) is 4.39 Å². The fourth-order valence-electron chi connectivity index (χ4n) is 1.53. The van der Waals surface area contributed by atoms with Gasteiger partial charge in [0.25, 0.3) is 0 Å². The first-order chi connectivity index (χ1) is 8.43. The Morgan fingerprint density at radius 2 is 1.17 bits per heavy atom. The SMILES string of the molecule is Oc1ccc(-c2ccc(O)c(F)c2F)c(O)c1O. The van der Waals surface area contributed by atoms with Crippen molar-refractivity contribution in [2.45, 2.75) is 0 Å². The van der Waals surface area contributed by atoms with E-state index in [4.69, 9.17) is 10.2 Å². The summed E-state index contributed by atoms with van der Waals surface area (Å²) in [6.07, 6.45) is 0. The van der Waals surface area contributed by atoms with E-state index in [1.807, 2.05) is 0 Å². The molecule has 18 heavy (non-hydrogen) atoms. The van der Waals surface area contributed by atoms with Gasteiger partial charge >= 0.3 is 0 Å². The molecule has 2 aromatic carbocycles. The van der Waals surface area contributed by atoms with Crippen LogP contribution in [0.2, 0.25) is 0 Å². The molecule has 0 unspecified atom stereocenters. The zero-order valence-corrected chi connectivity index (χ0v) is 8.85. The lowest BCUT2D eigenvalue weighted by Gasteiger charge is -2.09. The Hall–Kier alpha value is -2.50. The average molecular weight is 254 g/mol. The number of phenolic OH excluding ortho intramolecular Hbond substituents is 4. The lowest BCUT2D eigenvalue weighted by Crippen LogP contribution is -1.91. The highest BCUT2D eigenvalue weighted by Crippen LogP contribution is 2.43. The van der Waals surface area contributed by atoms with Gasteiger partial charge < -0.3 is 20.4 Å². The maximum absolute atomic E-state index is 13.6. The van der Waals surface area contributed by atoms with Gasteiger partial charge in [0.2, 0.25) is 11.6 Å². The fraction of sp³-hybridized carbons (Fsp3) is 0. The van der Waals surface area contributed by atoms with E-state index < -0.39 is 34.6 Å². The summed E-state index contributed by atoms with van der Waals surface area (Å²) in [4.78, 5) is 0. The summed E-state index contributed by atoms with van der Waals surface area (Å²) in [7, 11) is 0. The molecule has 0 saturated carbocycles. The van der Waals surface area contributed by atoms with E-state index in [-0.39, 0.29) is 11.1 Å². The topological polar surface area (TPSA) is 80.9 Å². The molecule has 94 valence electrons. The smallest absolute Gasteiger partial charge is 0.200 e. The Kier molecular flexibility index (Phi) is 2.70. The van der Waals surface area contributed by atoms with Gasteiger partial charge in [-0.25, -0.2) is 4.39 Å². The van der Waals surface area contributed by atoms with E-state index in [0.29, 0.717) is 0 Å².